The zero-order valence-electron chi connectivity index (χ0n) is 27.1. The van der Waals surface area contributed by atoms with Crippen molar-refractivity contribution in [3.8, 4) is 17.1 Å². The minimum atomic E-state index is -4.15. The quantitative estimate of drug-likeness (QED) is 0.249. The maximum atomic E-state index is 14.4. The molecule has 1 aliphatic carbocycles. The van der Waals surface area contributed by atoms with Crippen LogP contribution in [0.4, 0.5) is 5.95 Å². The van der Waals surface area contributed by atoms with Crippen LogP contribution in [-0.4, -0.2) is 46.8 Å². The van der Waals surface area contributed by atoms with Crippen LogP contribution < -0.4 is 9.46 Å². The molecule has 0 spiro atoms. The summed E-state index contributed by atoms with van der Waals surface area (Å²) in [7, 11) is -4.15. The number of rotatable bonds is 5. The van der Waals surface area contributed by atoms with Gasteiger partial charge in [0.1, 0.15) is 6.61 Å². The van der Waals surface area contributed by atoms with Crippen molar-refractivity contribution >= 4 is 21.9 Å². The van der Waals surface area contributed by atoms with Crippen molar-refractivity contribution in [1.82, 2.24) is 19.9 Å². The van der Waals surface area contributed by atoms with E-state index in [0.717, 1.165) is 40.9 Å². The van der Waals surface area contributed by atoms with Gasteiger partial charge < -0.3 is 9.64 Å². The molecule has 1 aliphatic heterocycles. The Morgan fingerprint density at radius 2 is 1.65 bits per heavy atom. The van der Waals surface area contributed by atoms with E-state index in [2.05, 4.69) is 41.5 Å². The molecule has 46 heavy (non-hydrogen) atoms. The number of aromatic nitrogens is 3. The van der Waals surface area contributed by atoms with E-state index in [0.29, 0.717) is 18.0 Å². The smallest absolute Gasteiger partial charge is 0.264 e. The lowest BCUT2D eigenvalue weighted by molar-refractivity contribution is 0.0509. The van der Waals surface area contributed by atoms with E-state index in [4.69, 9.17) is 9.72 Å². The zero-order chi connectivity index (χ0) is 32.6. The maximum absolute atomic E-state index is 14.4. The second kappa shape index (κ2) is 12.5. The van der Waals surface area contributed by atoms with Crippen LogP contribution in [0.25, 0.3) is 11.3 Å². The van der Waals surface area contributed by atoms with Gasteiger partial charge in [-0.3, -0.25) is 9.78 Å². The van der Waals surface area contributed by atoms with Crippen molar-refractivity contribution in [2.45, 2.75) is 83.7 Å². The molecule has 1 fully saturated rings. The lowest BCUT2D eigenvalue weighted by atomic mass is 9.82. The molecule has 0 saturated heterocycles. The molecule has 2 aromatic heterocycles. The highest BCUT2D eigenvalue weighted by molar-refractivity contribution is 7.92. The summed E-state index contributed by atoms with van der Waals surface area (Å²) in [6, 6.07) is 19.4. The molecule has 1 amide bonds. The lowest BCUT2D eigenvalue weighted by Crippen LogP contribution is -2.45. The van der Waals surface area contributed by atoms with Crippen molar-refractivity contribution in [3.05, 3.63) is 94.8 Å². The van der Waals surface area contributed by atoms with Crippen molar-refractivity contribution in [1.29, 1.82) is 0 Å². The van der Waals surface area contributed by atoms with Crippen molar-refractivity contribution in [2.75, 3.05) is 11.3 Å². The number of carbonyl (C=O) groups excluding carboxylic acids is 1. The predicted molar refractivity (Wildman–Crippen MR) is 178 cm³/mol. The number of hydrogen-bond donors (Lipinski definition) is 1. The van der Waals surface area contributed by atoms with Gasteiger partial charge in [-0.2, -0.15) is 4.98 Å². The monoisotopic (exact) mass is 639 g/mol. The third-order valence-electron chi connectivity index (χ3n) is 8.71. The Labute approximate surface area is 271 Å². The summed E-state index contributed by atoms with van der Waals surface area (Å²) in [5.74, 6) is 0.269. The molecule has 4 aromatic rings. The first kappa shape index (κ1) is 31.7. The second-order valence-electron chi connectivity index (χ2n) is 13.7. The minimum Gasteiger partial charge on any atom is -0.475 e. The van der Waals surface area contributed by atoms with E-state index in [1.165, 1.54) is 18.6 Å². The fourth-order valence-electron chi connectivity index (χ4n) is 6.24. The van der Waals surface area contributed by atoms with Crippen LogP contribution in [-0.2, 0) is 16.6 Å². The number of carbonyl (C=O) groups is 1. The van der Waals surface area contributed by atoms with Crippen LogP contribution in [0.2, 0.25) is 0 Å². The number of benzene rings is 2. The Bertz CT molecular complexity index is 1860. The van der Waals surface area contributed by atoms with Crippen molar-refractivity contribution in [3.63, 3.8) is 0 Å². The molecule has 1 atom stereocenters. The molecule has 1 N–H and O–H groups in total. The Kier molecular flexibility index (Phi) is 8.58. The molecule has 2 aliphatic rings. The number of aryl methyl sites for hydroxylation is 2. The van der Waals surface area contributed by atoms with E-state index in [-0.39, 0.29) is 52.8 Å². The third-order valence-corrected chi connectivity index (χ3v) is 10.0. The molecule has 3 heterocycles. The predicted octanol–water partition coefficient (Wildman–Crippen LogP) is 7.06. The highest BCUT2D eigenvalue weighted by atomic mass is 32.2. The lowest BCUT2D eigenvalue weighted by Gasteiger charge is -2.36. The topological polar surface area (TPSA) is 114 Å². The zero-order valence-corrected chi connectivity index (χ0v) is 27.9. The first-order chi connectivity index (χ1) is 21.9. The molecule has 9 nitrogen and oxygen atoms in total. The van der Waals surface area contributed by atoms with Crippen molar-refractivity contribution < 1.29 is 17.9 Å². The van der Waals surface area contributed by atoms with Gasteiger partial charge in [-0.25, -0.2) is 18.1 Å². The van der Waals surface area contributed by atoms with Gasteiger partial charge >= 0.3 is 0 Å². The minimum absolute atomic E-state index is 0.0569. The maximum Gasteiger partial charge on any atom is 0.264 e. The van der Waals surface area contributed by atoms with E-state index >= 15 is 0 Å². The Morgan fingerprint density at radius 1 is 0.935 bits per heavy atom. The number of pyridine rings is 1. The average Bonchev–Trinajstić information content (AvgIpc) is 2.96. The van der Waals surface area contributed by atoms with Crippen LogP contribution in [0.15, 0.2) is 71.6 Å². The molecule has 4 bridgehead atoms. The van der Waals surface area contributed by atoms with Crippen molar-refractivity contribution in [2.24, 2.45) is 5.41 Å². The van der Waals surface area contributed by atoms with Crippen LogP contribution in [0.1, 0.15) is 85.2 Å². The van der Waals surface area contributed by atoms with Gasteiger partial charge in [-0.1, -0.05) is 57.5 Å². The number of amides is 1. The van der Waals surface area contributed by atoms with Crippen LogP contribution in [0.5, 0.6) is 5.88 Å². The number of hydrogen-bond acceptors (Lipinski definition) is 7. The summed E-state index contributed by atoms with van der Waals surface area (Å²) in [6.07, 6.45) is 4.08. The molecule has 0 unspecified atom stereocenters. The molecular weight excluding hydrogens is 598 g/mol. The average molecular weight is 640 g/mol. The summed E-state index contributed by atoms with van der Waals surface area (Å²) < 4.78 is 36.2. The second-order valence-corrected chi connectivity index (χ2v) is 15.3. The van der Waals surface area contributed by atoms with E-state index in [1.807, 2.05) is 44.2 Å². The number of nitrogens with zero attached hydrogens (tertiary/aromatic N) is 4. The summed E-state index contributed by atoms with van der Waals surface area (Å²) >= 11 is 0. The number of fused-ring (bicyclic) bond motifs is 4. The summed E-state index contributed by atoms with van der Waals surface area (Å²) in [6.45, 7) is 10.8. The first-order valence-corrected chi connectivity index (χ1v) is 17.3. The summed E-state index contributed by atoms with van der Waals surface area (Å²) in [5.41, 5.74) is 5.34. The van der Waals surface area contributed by atoms with Gasteiger partial charge in [-0.15, -0.1) is 0 Å². The molecule has 2 aromatic carbocycles. The largest absolute Gasteiger partial charge is 0.475 e. The van der Waals surface area contributed by atoms with Gasteiger partial charge in [0.15, 0.2) is 0 Å². The van der Waals surface area contributed by atoms with Crippen LogP contribution >= 0.6 is 0 Å². The Balaban J connectivity index is 1.48. The molecule has 10 heteroatoms. The van der Waals surface area contributed by atoms with Gasteiger partial charge in [0.05, 0.1) is 28.9 Å². The first-order valence-electron chi connectivity index (χ1n) is 15.8. The Morgan fingerprint density at radius 3 is 2.35 bits per heavy atom. The Hall–Kier alpha value is -4.31. The van der Waals surface area contributed by atoms with Crippen LogP contribution in [0.3, 0.4) is 0 Å². The van der Waals surface area contributed by atoms with Gasteiger partial charge in [0.2, 0.25) is 11.8 Å². The van der Waals surface area contributed by atoms with E-state index in [1.54, 1.807) is 23.1 Å². The van der Waals surface area contributed by atoms with Gasteiger partial charge in [0.25, 0.3) is 15.9 Å². The van der Waals surface area contributed by atoms with Gasteiger partial charge in [-0.05, 0) is 80.0 Å². The number of ether oxygens (including phenoxy) is 1. The normalized spacial score (nSPS) is 18.3. The van der Waals surface area contributed by atoms with E-state index in [9.17, 15) is 13.2 Å². The summed E-state index contributed by atoms with van der Waals surface area (Å²) in [4.78, 5) is 30.2. The fraction of sp³-hybridized carbons (Fsp3) is 0.389. The molecule has 240 valence electrons. The third kappa shape index (κ3) is 6.92. The fourth-order valence-corrected chi connectivity index (χ4v) is 7.23. The molecule has 1 saturated carbocycles. The summed E-state index contributed by atoms with van der Waals surface area (Å²) in [5, 5.41) is 0. The van der Waals surface area contributed by atoms with E-state index < -0.39 is 10.0 Å². The number of nitrogens with one attached hydrogen (secondary N) is 1. The SMILES string of the molecule is Cc1cccc(C)c1-c1cc2nc(n1)NS(=O)(=O)c1cccc(c1)C(=O)N(Cc1cccc(C3CCC3)n1)[C@H](CC(C)(C)C)CO2. The molecule has 0 radical (unpaired) electrons. The standard InChI is InChI=1S/C36H41N5O4S/c1-23-10-6-11-24(2)33(23)31-19-32-39-35(38-31)40-46(43,44)29-16-8-14-26(18-29)34(42)41(28(22-45-32)20-36(3,4)5)21-27-15-9-17-30(37-27)25-12-7-13-25/h6,8-11,14-19,25,28H,7,12-13,20-22H2,1-5H3,(H,38,39,40)/t28-/m1/s1. The number of sulfonamides is 1. The van der Waals surface area contributed by atoms with Crippen LogP contribution in [0, 0.1) is 19.3 Å². The van der Waals surface area contributed by atoms with Gasteiger partial charge in [0, 0.05) is 28.8 Å². The number of anilines is 1. The molecular formula is C36H41N5O4S. The molecule has 6 rings (SSSR count). The highest BCUT2D eigenvalue weighted by Crippen LogP contribution is 2.36. The highest BCUT2D eigenvalue weighted by Gasteiger charge is 2.32.